The zero-order valence-electron chi connectivity index (χ0n) is 13.3. The molecule has 23 heavy (non-hydrogen) atoms. The van der Waals surface area contributed by atoms with Crippen LogP contribution in [0.4, 0.5) is 0 Å². The van der Waals surface area contributed by atoms with E-state index in [1.54, 1.807) is 0 Å². The van der Waals surface area contributed by atoms with Gasteiger partial charge in [0.2, 0.25) is 6.10 Å². The Morgan fingerprint density at radius 2 is 1.78 bits per heavy atom. The van der Waals surface area contributed by atoms with Crippen LogP contribution < -0.4 is 15.8 Å². The van der Waals surface area contributed by atoms with E-state index in [0.29, 0.717) is 12.3 Å². The standard InChI is InChI=1S/C18H21BrN2O2/c1-18(2,20)12-21-17(22)16(13-8-4-3-5-9-13)23-15-11-7-6-10-14(15)19/h3-11,16H,12,20H2,1-2H3,(H,21,22). The molecule has 0 aliphatic rings. The minimum atomic E-state index is -0.739. The minimum Gasteiger partial charge on any atom is -0.475 e. The van der Waals surface area contributed by atoms with Gasteiger partial charge in [0.15, 0.2) is 0 Å². The van der Waals surface area contributed by atoms with Gasteiger partial charge < -0.3 is 15.8 Å². The second kappa shape index (κ2) is 7.62. The van der Waals surface area contributed by atoms with Crippen LogP contribution in [0.1, 0.15) is 25.5 Å². The Morgan fingerprint density at radius 3 is 2.39 bits per heavy atom. The third-order valence-electron chi connectivity index (χ3n) is 3.14. The first-order chi connectivity index (χ1) is 10.9. The van der Waals surface area contributed by atoms with Crippen molar-refractivity contribution >= 4 is 21.8 Å². The lowest BCUT2D eigenvalue weighted by Gasteiger charge is -2.23. The van der Waals surface area contributed by atoms with Crippen molar-refractivity contribution in [3.05, 3.63) is 64.6 Å². The maximum absolute atomic E-state index is 12.6. The highest BCUT2D eigenvalue weighted by Gasteiger charge is 2.24. The molecule has 0 spiro atoms. The molecule has 2 rings (SSSR count). The molecule has 1 atom stereocenters. The summed E-state index contributed by atoms with van der Waals surface area (Å²) >= 11 is 3.44. The molecule has 122 valence electrons. The van der Waals surface area contributed by atoms with E-state index >= 15 is 0 Å². The highest BCUT2D eigenvalue weighted by molar-refractivity contribution is 9.10. The predicted octanol–water partition coefficient (Wildman–Crippen LogP) is 3.42. The monoisotopic (exact) mass is 376 g/mol. The molecule has 4 nitrogen and oxygen atoms in total. The molecule has 0 aliphatic carbocycles. The summed E-state index contributed by atoms with van der Waals surface area (Å²) in [5.41, 5.74) is 6.24. The molecular weight excluding hydrogens is 356 g/mol. The summed E-state index contributed by atoms with van der Waals surface area (Å²) in [6.45, 7) is 4.09. The molecule has 0 saturated carbocycles. The summed E-state index contributed by atoms with van der Waals surface area (Å²) in [5, 5.41) is 2.86. The second-order valence-corrected chi connectivity index (χ2v) is 6.90. The number of hydrogen-bond acceptors (Lipinski definition) is 3. The van der Waals surface area contributed by atoms with E-state index in [9.17, 15) is 4.79 Å². The maximum atomic E-state index is 12.6. The zero-order valence-corrected chi connectivity index (χ0v) is 14.8. The lowest BCUT2D eigenvalue weighted by atomic mass is 10.1. The fraction of sp³-hybridized carbons (Fsp3) is 0.278. The fourth-order valence-corrected chi connectivity index (χ4v) is 2.35. The van der Waals surface area contributed by atoms with Gasteiger partial charge >= 0.3 is 0 Å². The Balaban J connectivity index is 2.22. The average Bonchev–Trinajstić information content (AvgIpc) is 2.52. The Bertz CT molecular complexity index is 654. The van der Waals surface area contributed by atoms with Gasteiger partial charge in [0, 0.05) is 17.6 Å². The smallest absolute Gasteiger partial charge is 0.265 e. The number of amides is 1. The number of para-hydroxylation sites is 1. The number of nitrogens with one attached hydrogen (secondary N) is 1. The largest absolute Gasteiger partial charge is 0.475 e. The van der Waals surface area contributed by atoms with E-state index in [4.69, 9.17) is 10.5 Å². The van der Waals surface area contributed by atoms with Gasteiger partial charge in [-0.2, -0.15) is 0 Å². The van der Waals surface area contributed by atoms with E-state index in [-0.39, 0.29) is 5.91 Å². The molecule has 0 fully saturated rings. The molecule has 1 unspecified atom stereocenters. The third-order valence-corrected chi connectivity index (χ3v) is 3.80. The van der Waals surface area contributed by atoms with Gasteiger partial charge in [-0.1, -0.05) is 42.5 Å². The average molecular weight is 377 g/mol. The molecule has 2 aromatic carbocycles. The highest BCUT2D eigenvalue weighted by Crippen LogP contribution is 2.29. The van der Waals surface area contributed by atoms with Crippen LogP contribution in [-0.4, -0.2) is 18.0 Å². The van der Waals surface area contributed by atoms with Crippen molar-refractivity contribution in [1.82, 2.24) is 5.32 Å². The van der Waals surface area contributed by atoms with Crippen LogP contribution in [0.2, 0.25) is 0 Å². The van der Waals surface area contributed by atoms with Crippen LogP contribution in [0.25, 0.3) is 0 Å². The first-order valence-corrected chi connectivity index (χ1v) is 8.19. The van der Waals surface area contributed by atoms with Crippen LogP contribution in [-0.2, 0) is 4.79 Å². The normalized spacial score (nSPS) is 12.5. The molecule has 1 amide bonds. The van der Waals surface area contributed by atoms with E-state index in [1.165, 1.54) is 0 Å². The van der Waals surface area contributed by atoms with Crippen molar-refractivity contribution in [1.29, 1.82) is 0 Å². The summed E-state index contributed by atoms with van der Waals surface area (Å²) in [7, 11) is 0. The first-order valence-electron chi connectivity index (χ1n) is 7.39. The summed E-state index contributed by atoms with van der Waals surface area (Å²) in [4.78, 5) is 12.6. The van der Waals surface area contributed by atoms with Gasteiger partial charge in [-0.15, -0.1) is 0 Å². The number of benzene rings is 2. The summed E-state index contributed by atoms with van der Waals surface area (Å²) < 4.78 is 6.76. The molecule has 0 radical (unpaired) electrons. The summed E-state index contributed by atoms with van der Waals surface area (Å²) in [6, 6.07) is 16.9. The van der Waals surface area contributed by atoms with Crippen LogP contribution in [0.15, 0.2) is 59.1 Å². The lowest BCUT2D eigenvalue weighted by molar-refractivity contribution is -0.128. The van der Waals surface area contributed by atoms with E-state index in [0.717, 1.165) is 10.0 Å². The second-order valence-electron chi connectivity index (χ2n) is 6.05. The van der Waals surface area contributed by atoms with Gasteiger partial charge in [-0.3, -0.25) is 4.79 Å². The number of hydrogen-bond donors (Lipinski definition) is 2. The summed E-state index contributed by atoms with van der Waals surface area (Å²) in [5.74, 6) is 0.397. The van der Waals surface area contributed by atoms with Crippen molar-refractivity contribution in [2.24, 2.45) is 5.73 Å². The van der Waals surface area contributed by atoms with Gasteiger partial charge in [0.05, 0.1) is 4.47 Å². The first kappa shape index (κ1) is 17.5. The molecule has 0 bridgehead atoms. The predicted molar refractivity (Wildman–Crippen MR) is 95.2 cm³/mol. The quantitative estimate of drug-likeness (QED) is 0.811. The van der Waals surface area contributed by atoms with Crippen LogP contribution in [0.5, 0.6) is 5.75 Å². The molecule has 0 saturated heterocycles. The SMILES string of the molecule is CC(C)(N)CNC(=O)C(Oc1ccccc1Br)c1ccccc1. The topological polar surface area (TPSA) is 64.3 Å². The van der Waals surface area contributed by atoms with Crippen LogP contribution >= 0.6 is 15.9 Å². The van der Waals surface area contributed by atoms with E-state index in [2.05, 4.69) is 21.2 Å². The molecule has 0 heterocycles. The number of carbonyl (C=O) groups is 1. The number of carbonyl (C=O) groups excluding carboxylic acids is 1. The molecule has 0 aromatic heterocycles. The van der Waals surface area contributed by atoms with Crippen molar-refractivity contribution in [2.75, 3.05) is 6.54 Å². The molecule has 3 N–H and O–H groups in total. The number of rotatable bonds is 6. The van der Waals surface area contributed by atoms with Crippen molar-refractivity contribution < 1.29 is 9.53 Å². The molecule has 0 aliphatic heterocycles. The Kier molecular flexibility index (Phi) is 5.80. The fourth-order valence-electron chi connectivity index (χ4n) is 1.98. The third kappa shape index (κ3) is 5.37. The van der Waals surface area contributed by atoms with Gasteiger partial charge in [0.25, 0.3) is 5.91 Å². The Labute approximate surface area is 145 Å². The van der Waals surface area contributed by atoms with E-state index < -0.39 is 11.6 Å². The molecular formula is C18H21BrN2O2. The van der Waals surface area contributed by atoms with Gasteiger partial charge in [0.1, 0.15) is 5.75 Å². The zero-order chi connectivity index (χ0) is 16.9. The van der Waals surface area contributed by atoms with E-state index in [1.807, 2.05) is 68.4 Å². The lowest BCUT2D eigenvalue weighted by Crippen LogP contribution is -2.46. The molecule has 5 heteroatoms. The van der Waals surface area contributed by atoms with Crippen molar-refractivity contribution in [2.45, 2.75) is 25.5 Å². The number of ether oxygens (including phenoxy) is 1. The van der Waals surface area contributed by atoms with Crippen LogP contribution in [0.3, 0.4) is 0 Å². The van der Waals surface area contributed by atoms with Crippen molar-refractivity contribution in [3.63, 3.8) is 0 Å². The Morgan fingerprint density at radius 1 is 1.17 bits per heavy atom. The highest BCUT2D eigenvalue weighted by atomic mass is 79.9. The maximum Gasteiger partial charge on any atom is 0.265 e. The Hall–Kier alpha value is -1.85. The van der Waals surface area contributed by atoms with Crippen molar-refractivity contribution in [3.8, 4) is 5.75 Å². The summed E-state index contributed by atoms with van der Waals surface area (Å²) in [6.07, 6.45) is -0.739. The number of nitrogens with two attached hydrogens (primary N) is 1. The van der Waals surface area contributed by atoms with Crippen LogP contribution in [0, 0.1) is 0 Å². The minimum absolute atomic E-state index is 0.217. The molecule has 2 aromatic rings. The van der Waals surface area contributed by atoms with Gasteiger partial charge in [-0.05, 0) is 41.9 Å². The van der Waals surface area contributed by atoms with Gasteiger partial charge in [-0.25, -0.2) is 0 Å². The number of halogens is 1.